The van der Waals surface area contributed by atoms with Crippen LogP contribution in [0.4, 0.5) is 0 Å². The quantitative estimate of drug-likeness (QED) is 0.155. The fourth-order valence-corrected chi connectivity index (χ4v) is 12.9. The molecule has 4 aromatic heterocycles. The van der Waals surface area contributed by atoms with Crippen LogP contribution in [0.5, 0.6) is 0 Å². The lowest BCUT2D eigenvalue weighted by Gasteiger charge is -2.13. The molecule has 0 bridgehead atoms. The zero-order valence-electron chi connectivity index (χ0n) is 51.3. The van der Waals surface area contributed by atoms with Gasteiger partial charge in [0.05, 0.1) is 11.0 Å². The van der Waals surface area contributed by atoms with E-state index < -0.39 is 0 Å². The molecule has 0 aliphatic heterocycles. The minimum Gasteiger partial charge on any atom is -0.355 e. The molecule has 448 valence electrons. The van der Waals surface area contributed by atoms with Gasteiger partial charge in [0, 0.05) is 76.1 Å². The van der Waals surface area contributed by atoms with Gasteiger partial charge in [0.25, 0.3) is 0 Å². The molecular formula is C86H57BrN8. The van der Waals surface area contributed by atoms with Gasteiger partial charge >= 0.3 is 0 Å². The summed E-state index contributed by atoms with van der Waals surface area (Å²) in [6.45, 7) is 0. The van der Waals surface area contributed by atoms with Crippen LogP contribution in [0.2, 0.25) is 0 Å². The first-order chi connectivity index (χ1) is 47.0. The minimum absolute atomic E-state index is 0.645. The van der Waals surface area contributed by atoms with Crippen molar-refractivity contribution in [3.05, 3.63) is 344 Å². The van der Waals surface area contributed by atoms with Gasteiger partial charge in [-0.1, -0.05) is 283 Å². The first-order valence-electron chi connectivity index (χ1n) is 31.6. The van der Waals surface area contributed by atoms with Crippen molar-refractivity contribution in [2.75, 3.05) is 0 Å². The Morgan fingerprint density at radius 1 is 0.232 bits per heavy atom. The standard InChI is InChI=1S/C43H28N4.C31H20BrN3.C12H9N/c1-3-13-30(14-4-1)41-44-42(31-15-5-2-6-16-31)46-43(45-41)33-27-32-17-7-8-18-35(32)38(28-33)29-23-25-34(26-24-29)47-39-21-11-9-19-36(39)37-20-10-12-22-40(37)47;32-26-17-15-21(16-18-26)28-20-25(19-24-13-7-8-14-27(24)28)31-34-29(22-9-3-1-4-10-22)33-30(35-31)23-11-5-2-6-12-23;1-3-7-11-9(5-1)10-6-2-4-8-12(10)13-11/h1-28H;1-20H;1-8,13H. The van der Waals surface area contributed by atoms with Crippen molar-refractivity contribution < 1.29 is 0 Å². The van der Waals surface area contributed by atoms with Crippen LogP contribution in [0.15, 0.2) is 344 Å². The van der Waals surface area contributed by atoms with E-state index in [1.54, 1.807) is 0 Å². The Kier molecular flexibility index (Phi) is 15.7. The molecule has 18 aromatic rings. The van der Waals surface area contributed by atoms with E-state index in [0.717, 1.165) is 76.6 Å². The molecule has 0 atom stereocenters. The molecule has 14 aromatic carbocycles. The summed E-state index contributed by atoms with van der Waals surface area (Å²) in [6.07, 6.45) is 0. The second-order valence-corrected chi connectivity index (χ2v) is 24.1. The van der Waals surface area contributed by atoms with Gasteiger partial charge in [-0.15, -0.1) is 0 Å². The van der Waals surface area contributed by atoms with E-state index in [9.17, 15) is 0 Å². The Morgan fingerprint density at radius 3 is 0.905 bits per heavy atom. The molecule has 0 saturated carbocycles. The van der Waals surface area contributed by atoms with E-state index in [1.807, 2.05) is 121 Å². The van der Waals surface area contributed by atoms with Crippen molar-refractivity contribution >= 4 is 81.1 Å². The van der Waals surface area contributed by atoms with Crippen LogP contribution >= 0.6 is 15.9 Å². The smallest absolute Gasteiger partial charge is 0.164 e. The molecule has 0 fully saturated rings. The summed E-state index contributed by atoms with van der Waals surface area (Å²) >= 11 is 3.55. The molecule has 8 nitrogen and oxygen atoms in total. The van der Waals surface area contributed by atoms with Gasteiger partial charge < -0.3 is 9.55 Å². The lowest BCUT2D eigenvalue weighted by atomic mass is 9.95. The Labute approximate surface area is 557 Å². The van der Waals surface area contributed by atoms with Gasteiger partial charge in [-0.25, -0.2) is 29.9 Å². The van der Waals surface area contributed by atoms with Gasteiger partial charge in [-0.3, -0.25) is 0 Å². The third kappa shape index (κ3) is 11.8. The fourth-order valence-electron chi connectivity index (χ4n) is 12.7. The molecule has 0 spiro atoms. The zero-order valence-corrected chi connectivity index (χ0v) is 52.9. The fraction of sp³-hybridized carbons (Fsp3) is 0. The number of aromatic amines is 1. The number of halogens is 1. The highest BCUT2D eigenvalue weighted by atomic mass is 79.9. The Bertz CT molecular complexity index is 5560. The first kappa shape index (κ1) is 57.8. The van der Waals surface area contributed by atoms with Crippen molar-refractivity contribution in [2.24, 2.45) is 0 Å². The van der Waals surface area contributed by atoms with E-state index in [-0.39, 0.29) is 0 Å². The Hall–Kier alpha value is -12.3. The number of rotatable bonds is 9. The Balaban J connectivity index is 0.000000129. The lowest BCUT2D eigenvalue weighted by molar-refractivity contribution is 1.07. The number of hydrogen-bond acceptors (Lipinski definition) is 6. The highest BCUT2D eigenvalue weighted by Gasteiger charge is 2.19. The highest BCUT2D eigenvalue weighted by Crippen LogP contribution is 2.39. The largest absolute Gasteiger partial charge is 0.355 e. The maximum Gasteiger partial charge on any atom is 0.164 e. The minimum atomic E-state index is 0.645. The van der Waals surface area contributed by atoms with Gasteiger partial charge in [-0.2, -0.15) is 0 Å². The number of nitrogens with one attached hydrogen (secondary N) is 1. The summed E-state index contributed by atoms with van der Waals surface area (Å²) in [5, 5.41) is 9.78. The predicted molar refractivity (Wildman–Crippen MR) is 396 cm³/mol. The second kappa shape index (κ2) is 25.8. The lowest BCUT2D eigenvalue weighted by Crippen LogP contribution is -2.00. The molecule has 0 amide bonds. The molecule has 95 heavy (non-hydrogen) atoms. The maximum atomic E-state index is 5.02. The van der Waals surface area contributed by atoms with Gasteiger partial charge in [0.2, 0.25) is 0 Å². The van der Waals surface area contributed by atoms with E-state index in [2.05, 4.69) is 244 Å². The Morgan fingerprint density at radius 2 is 0.526 bits per heavy atom. The van der Waals surface area contributed by atoms with Crippen LogP contribution in [0.25, 0.3) is 161 Å². The number of nitrogens with zero attached hydrogens (tertiary/aromatic N) is 7. The third-order valence-corrected chi connectivity index (χ3v) is 17.8. The van der Waals surface area contributed by atoms with Crippen LogP contribution in [0, 0.1) is 0 Å². The summed E-state index contributed by atoms with van der Waals surface area (Å²) in [7, 11) is 0. The predicted octanol–water partition coefficient (Wildman–Crippen LogP) is 22.6. The summed E-state index contributed by atoms with van der Waals surface area (Å²) in [5.41, 5.74) is 16.2. The van der Waals surface area contributed by atoms with Crippen molar-refractivity contribution in [1.29, 1.82) is 0 Å². The van der Waals surface area contributed by atoms with E-state index in [0.29, 0.717) is 34.9 Å². The summed E-state index contributed by atoms with van der Waals surface area (Å²) < 4.78 is 3.41. The summed E-state index contributed by atoms with van der Waals surface area (Å²) in [5.74, 6) is 3.92. The van der Waals surface area contributed by atoms with Crippen LogP contribution < -0.4 is 0 Å². The van der Waals surface area contributed by atoms with Crippen LogP contribution in [0.3, 0.4) is 0 Å². The molecule has 9 heteroatoms. The number of aromatic nitrogens is 8. The van der Waals surface area contributed by atoms with Gasteiger partial charge in [0.1, 0.15) is 0 Å². The maximum absolute atomic E-state index is 5.02. The van der Waals surface area contributed by atoms with Crippen LogP contribution in [0.1, 0.15) is 0 Å². The van der Waals surface area contributed by atoms with Gasteiger partial charge in [0.15, 0.2) is 34.9 Å². The number of hydrogen-bond donors (Lipinski definition) is 1. The molecule has 0 aliphatic carbocycles. The van der Waals surface area contributed by atoms with Gasteiger partial charge in [-0.05, 0) is 117 Å². The first-order valence-corrected chi connectivity index (χ1v) is 32.4. The van der Waals surface area contributed by atoms with E-state index >= 15 is 0 Å². The van der Waals surface area contributed by atoms with Crippen molar-refractivity contribution in [3.8, 4) is 96.3 Å². The molecule has 0 radical (unpaired) electrons. The zero-order chi connectivity index (χ0) is 63.4. The molecule has 0 aliphatic rings. The van der Waals surface area contributed by atoms with E-state index in [1.165, 1.54) is 54.4 Å². The molecule has 0 unspecified atom stereocenters. The number of para-hydroxylation sites is 4. The van der Waals surface area contributed by atoms with Crippen LogP contribution in [-0.4, -0.2) is 39.5 Å². The highest BCUT2D eigenvalue weighted by molar-refractivity contribution is 9.10. The monoisotopic (exact) mass is 1280 g/mol. The van der Waals surface area contributed by atoms with E-state index in [4.69, 9.17) is 29.9 Å². The number of H-pyrrole nitrogens is 1. The molecular weight excluding hydrogens is 1220 g/mol. The molecule has 1 N–H and O–H groups in total. The summed E-state index contributed by atoms with van der Waals surface area (Å²) in [4.78, 5) is 33.0. The summed E-state index contributed by atoms with van der Waals surface area (Å²) in [6, 6.07) is 117. The average Bonchev–Trinajstić information content (AvgIpc) is 1.68. The average molecular weight is 1280 g/mol. The second-order valence-electron chi connectivity index (χ2n) is 23.2. The normalized spacial score (nSPS) is 11.2. The molecule has 18 rings (SSSR count). The topological polar surface area (TPSA) is 98.1 Å². The van der Waals surface area contributed by atoms with Crippen molar-refractivity contribution in [1.82, 2.24) is 39.5 Å². The SMILES string of the molecule is Brc1ccc(-c2cc(-c3nc(-c4ccccc4)nc(-c4ccccc4)n3)cc3ccccc23)cc1.c1ccc(-c2nc(-c3ccccc3)nc(-c3cc(-c4ccc(-n5c6ccccc6c6ccccc65)cc4)c4ccccc4c3)n2)cc1.c1ccc2c(c1)[nH]c1ccccc12. The van der Waals surface area contributed by atoms with Crippen LogP contribution in [-0.2, 0) is 0 Å². The number of fused-ring (bicyclic) bond motifs is 8. The number of benzene rings is 14. The molecule has 0 saturated heterocycles. The molecule has 4 heterocycles. The van der Waals surface area contributed by atoms with Crippen molar-refractivity contribution in [2.45, 2.75) is 0 Å². The third-order valence-electron chi connectivity index (χ3n) is 17.2. The van der Waals surface area contributed by atoms with Crippen molar-refractivity contribution in [3.63, 3.8) is 0 Å².